The van der Waals surface area contributed by atoms with E-state index in [-0.39, 0.29) is 5.56 Å². The van der Waals surface area contributed by atoms with Gasteiger partial charge in [0.1, 0.15) is 11.9 Å². The molecule has 1 saturated carbocycles. The first-order valence-electron chi connectivity index (χ1n) is 6.19. The van der Waals surface area contributed by atoms with Crippen LogP contribution in [0.25, 0.3) is 0 Å². The quantitative estimate of drug-likeness (QED) is 0.796. The Balaban J connectivity index is 2.13. The Bertz CT molecular complexity index is 432. The molecule has 2 nitrogen and oxygen atoms in total. The highest BCUT2D eigenvalue weighted by atomic mass is 19.1. The number of nitriles is 1. The van der Waals surface area contributed by atoms with Crippen molar-refractivity contribution in [3.63, 3.8) is 0 Å². The summed E-state index contributed by atoms with van der Waals surface area (Å²) < 4.78 is 13.5. The Kier molecular flexibility index (Phi) is 3.63. The van der Waals surface area contributed by atoms with Crippen LogP contribution in [0, 0.1) is 23.1 Å². The van der Waals surface area contributed by atoms with Gasteiger partial charge < -0.3 is 4.90 Å². The van der Waals surface area contributed by atoms with Gasteiger partial charge in [-0.1, -0.05) is 6.42 Å². The second-order valence-corrected chi connectivity index (χ2v) is 4.61. The third kappa shape index (κ3) is 2.58. The molecule has 0 atom stereocenters. The van der Waals surface area contributed by atoms with Crippen LogP contribution in [0.1, 0.15) is 31.7 Å². The van der Waals surface area contributed by atoms with E-state index in [1.54, 1.807) is 6.07 Å². The molecule has 1 aliphatic rings. The van der Waals surface area contributed by atoms with Gasteiger partial charge in [-0.15, -0.1) is 0 Å². The fraction of sp³-hybridized carbons (Fsp3) is 0.500. The van der Waals surface area contributed by atoms with Gasteiger partial charge in [0.05, 0.1) is 5.56 Å². The highest BCUT2D eigenvalue weighted by molar-refractivity contribution is 5.50. The molecular weight excluding hydrogens is 215 g/mol. The third-order valence-electron chi connectivity index (χ3n) is 3.52. The second-order valence-electron chi connectivity index (χ2n) is 4.61. The van der Waals surface area contributed by atoms with Crippen molar-refractivity contribution in [2.75, 3.05) is 18.0 Å². The summed E-state index contributed by atoms with van der Waals surface area (Å²) in [5.74, 6) is 0.339. The maximum atomic E-state index is 13.5. The number of anilines is 1. The molecule has 3 heteroatoms. The van der Waals surface area contributed by atoms with Crippen molar-refractivity contribution < 1.29 is 4.39 Å². The van der Waals surface area contributed by atoms with Crippen LogP contribution in [0.2, 0.25) is 0 Å². The van der Waals surface area contributed by atoms with Crippen molar-refractivity contribution in [3.8, 4) is 6.07 Å². The van der Waals surface area contributed by atoms with Crippen molar-refractivity contribution >= 4 is 5.69 Å². The van der Waals surface area contributed by atoms with Crippen LogP contribution < -0.4 is 4.90 Å². The van der Waals surface area contributed by atoms with Gasteiger partial charge >= 0.3 is 0 Å². The number of hydrogen-bond acceptors (Lipinski definition) is 2. The highest BCUT2D eigenvalue weighted by Crippen LogP contribution is 2.29. The van der Waals surface area contributed by atoms with Crippen LogP contribution in [0.15, 0.2) is 18.2 Å². The molecule has 17 heavy (non-hydrogen) atoms. The summed E-state index contributed by atoms with van der Waals surface area (Å²) in [5.41, 5.74) is 1.00. The predicted molar refractivity (Wildman–Crippen MR) is 66.3 cm³/mol. The third-order valence-corrected chi connectivity index (χ3v) is 3.52. The summed E-state index contributed by atoms with van der Waals surface area (Å²) in [7, 11) is 0. The SMILES string of the molecule is CCN(CC1CCC1)c1ccc(C#N)c(F)c1. The van der Waals surface area contributed by atoms with E-state index in [2.05, 4.69) is 11.8 Å². The van der Waals surface area contributed by atoms with Crippen LogP contribution in [0.5, 0.6) is 0 Å². The predicted octanol–water partition coefficient (Wildman–Crippen LogP) is 3.32. The molecule has 1 aromatic rings. The molecular formula is C14H17FN2. The first-order chi connectivity index (χ1) is 8.24. The van der Waals surface area contributed by atoms with E-state index in [9.17, 15) is 4.39 Å². The smallest absolute Gasteiger partial charge is 0.143 e. The molecule has 0 unspecified atom stereocenters. The Hall–Kier alpha value is -1.56. The minimum absolute atomic E-state index is 0.119. The fourth-order valence-electron chi connectivity index (χ4n) is 2.20. The Labute approximate surface area is 102 Å². The van der Waals surface area contributed by atoms with Crippen molar-refractivity contribution in [1.82, 2.24) is 0 Å². The molecule has 0 bridgehead atoms. The molecule has 0 radical (unpaired) electrons. The van der Waals surface area contributed by atoms with Gasteiger partial charge in [0.2, 0.25) is 0 Å². The van der Waals surface area contributed by atoms with E-state index in [0.717, 1.165) is 24.7 Å². The van der Waals surface area contributed by atoms with Crippen molar-refractivity contribution in [3.05, 3.63) is 29.6 Å². The van der Waals surface area contributed by atoms with E-state index in [1.165, 1.54) is 25.3 Å². The molecule has 1 fully saturated rings. The molecule has 0 N–H and O–H groups in total. The lowest BCUT2D eigenvalue weighted by Gasteiger charge is -2.33. The van der Waals surface area contributed by atoms with Crippen molar-refractivity contribution in [2.24, 2.45) is 5.92 Å². The van der Waals surface area contributed by atoms with Gasteiger partial charge in [-0.05, 0) is 43.9 Å². The van der Waals surface area contributed by atoms with Crippen LogP contribution >= 0.6 is 0 Å². The van der Waals surface area contributed by atoms with Gasteiger partial charge in [0.25, 0.3) is 0 Å². The molecule has 1 aliphatic carbocycles. The van der Waals surface area contributed by atoms with Crippen LogP contribution in [0.3, 0.4) is 0 Å². The zero-order valence-electron chi connectivity index (χ0n) is 10.1. The maximum absolute atomic E-state index is 13.5. The van der Waals surface area contributed by atoms with Crippen molar-refractivity contribution in [1.29, 1.82) is 5.26 Å². The minimum Gasteiger partial charge on any atom is -0.371 e. The largest absolute Gasteiger partial charge is 0.371 e. The van der Waals surface area contributed by atoms with E-state index in [4.69, 9.17) is 5.26 Å². The first-order valence-corrected chi connectivity index (χ1v) is 6.19. The number of hydrogen-bond donors (Lipinski definition) is 0. The highest BCUT2D eigenvalue weighted by Gasteiger charge is 2.20. The summed E-state index contributed by atoms with van der Waals surface area (Å²) in [4.78, 5) is 2.19. The monoisotopic (exact) mass is 232 g/mol. The van der Waals surface area contributed by atoms with E-state index in [0.29, 0.717) is 0 Å². The first kappa shape index (κ1) is 11.9. The lowest BCUT2D eigenvalue weighted by atomic mass is 9.85. The van der Waals surface area contributed by atoms with Gasteiger partial charge in [-0.3, -0.25) is 0 Å². The summed E-state index contributed by atoms with van der Waals surface area (Å²) in [5, 5.41) is 8.69. The van der Waals surface area contributed by atoms with Crippen LogP contribution in [0.4, 0.5) is 10.1 Å². The van der Waals surface area contributed by atoms with Gasteiger partial charge in [-0.25, -0.2) is 4.39 Å². The van der Waals surface area contributed by atoms with Crippen LogP contribution in [-0.4, -0.2) is 13.1 Å². The topological polar surface area (TPSA) is 27.0 Å². The standard InChI is InChI=1S/C14H17FN2/c1-2-17(10-11-4-3-5-11)13-7-6-12(9-16)14(15)8-13/h6-8,11H,2-5,10H2,1H3. The Morgan fingerprint density at radius 1 is 1.47 bits per heavy atom. The molecule has 0 spiro atoms. The molecule has 90 valence electrons. The molecule has 0 aromatic heterocycles. The fourth-order valence-corrected chi connectivity index (χ4v) is 2.20. The lowest BCUT2D eigenvalue weighted by Crippen LogP contribution is -2.32. The Morgan fingerprint density at radius 3 is 2.71 bits per heavy atom. The molecule has 0 aliphatic heterocycles. The van der Waals surface area contributed by atoms with Gasteiger partial charge in [0, 0.05) is 18.8 Å². The number of nitrogens with zero attached hydrogens (tertiary/aromatic N) is 2. The molecule has 0 saturated heterocycles. The van der Waals surface area contributed by atoms with Gasteiger partial charge in [-0.2, -0.15) is 5.26 Å². The van der Waals surface area contributed by atoms with Crippen LogP contribution in [-0.2, 0) is 0 Å². The van der Waals surface area contributed by atoms with E-state index >= 15 is 0 Å². The normalized spacial score (nSPS) is 15.1. The van der Waals surface area contributed by atoms with Gasteiger partial charge in [0.15, 0.2) is 0 Å². The zero-order valence-corrected chi connectivity index (χ0v) is 10.1. The van der Waals surface area contributed by atoms with Crippen molar-refractivity contribution in [2.45, 2.75) is 26.2 Å². The number of halogens is 1. The molecule has 1 aromatic carbocycles. The average molecular weight is 232 g/mol. The summed E-state index contributed by atoms with van der Waals surface area (Å²) in [6, 6.07) is 6.72. The summed E-state index contributed by atoms with van der Waals surface area (Å²) in [6.07, 6.45) is 3.90. The minimum atomic E-state index is -0.419. The Morgan fingerprint density at radius 2 is 2.24 bits per heavy atom. The second kappa shape index (κ2) is 5.18. The molecule has 0 amide bonds. The summed E-state index contributed by atoms with van der Waals surface area (Å²) in [6.45, 7) is 3.96. The number of rotatable bonds is 4. The number of benzene rings is 1. The maximum Gasteiger partial charge on any atom is 0.143 e. The zero-order chi connectivity index (χ0) is 12.3. The van der Waals surface area contributed by atoms with E-state index < -0.39 is 5.82 Å². The lowest BCUT2D eigenvalue weighted by molar-refractivity contribution is 0.318. The molecule has 2 rings (SSSR count). The molecule has 0 heterocycles. The summed E-state index contributed by atoms with van der Waals surface area (Å²) >= 11 is 0. The average Bonchev–Trinajstić information content (AvgIpc) is 2.28. The van der Waals surface area contributed by atoms with E-state index in [1.807, 2.05) is 12.1 Å².